The number of aromatic nitrogens is 3. The largest absolute Gasteiger partial charge is 0.462 e. The van der Waals surface area contributed by atoms with Gasteiger partial charge in [-0.2, -0.15) is 5.10 Å². The highest BCUT2D eigenvalue weighted by Gasteiger charge is 2.22. The van der Waals surface area contributed by atoms with E-state index in [1.807, 2.05) is 19.1 Å². The van der Waals surface area contributed by atoms with Crippen molar-refractivity contribution in [2.45, 2.75) is 20.3 Å². The second-order valence-corrected chi connectivity index (χ2v) is 4.23. The monoisotopic (exact) mass is 279 g/mol. The summed E-state index contributed by atoms with van der Waals surface area (Å²) in [6.07, 6.45) is 0.806. The van der Waals surface area contributed by atoms with E-state index in [2.05, 4.69) is 15.2 Å². The molecule has 0 aliphatic heterocycles. The zero-order chi connectivity index (χ0) is 13.8. The maximum atomic E-state index is 11.9. The van der Waals surface area contributed by atoms with Gasteiger partial charge in [0.25, 0.3) is 0 Å². The molecule has 0 unspecified atom stereocenters. The molecule has 0 aliphatic carbocycles. The molecule has 5 nitrogen and oxygen atoms in total. The summed E-state index contributed by atoms with van der Waals surface area (Å²) in [5, 5.41) is 6.80. The fourth-order valence-corrected chi connectivity index (χ4v) is 1.91. The van der Waals surface area contributed by atoms with Gasteiger partial charge in [0.05, 0.1) is 12.3 Å². The van der Waals surface area contributed by atoms with Crippen LogP contribution in [0.3, 0.4) is 0 Å². The Bertz CT molecular complexity index is 595. The zero-order valence-electron chi connectivity index (χ0n) is 10.7. The number of esters is 1. The number of pyridine rings is 1. The number of H-pyrrole nitrogens is 1. The zero-order valence-corrected chi connectivity index (χ0v) is 11.5. The molecule has 0 radical (unpaired) electrons. The Kier molecular flexibility index (Phi) is 4.16. The first-order valence-corrected chi connectivity index (χ1v) is 6.42. The summed E-state index contributed by atoms with van der Waals surface area (Å²) in [6, 6.07) is 5.58. The van der Waals surface area contributed by atoms with E-state index in [1.165, 1.54) is 0 Å². The topological polar surface area (TPSA) is 67.9 Å². The van der Waals surface area contributed by atoms with Crippen LogP contribution < -0.4 is 0 Å². The molecule has 6 heteroatoms. The average molecular weight is 280 g/mol. The SMILES string of the molecule is CCOC(=O)c1c(-c2cccc(CC)n2)n[nH]c1Cl. The molecule has 2 aromatic heterocycles. The van der Waals surface area contributed by atoms with Gasteiger partial charge in [0.1, 0.15) is 16.4 Å². The van der Waals surface area contributed by atoms with Crippen molar-refractivity contribution in [1.29, 1.82) is 0 Å². The van der Waals surface area contributed by atoms with Gasteiger partial charge in [0, 0.05) is 5.69 Å². The predicted octanol–water partition coefficient (Wildman–Crippen LogP) is 2.86. The number of carbonyl (C=O) groups is 1. The lowest BCUT2D eigenvalue weighted by Crippen LogP contribution is -2.06. The number of aromatic amines is 1. The minimum Gasteiger partial charge on any atom is -0.462 e. The number of aryl methyl sites for hydroxylation is 1. The highest BCUT2D eigenvalue weighted by Crippen LogP contribution is 2.26. The second kappa shape index (κ2) is 5.84. The molecule has 2 rings (SSSR count). The molecular formula is C13H14ClN3O2. The van der Waals surface area contributed by atoms with Gasteiger partial charge in [0.15, 0.2) is 0 Å². The van der Waals surface area contributed by atoms with Crippen LogP contribution in [0.25, 0.3) is 11.4 Å². The smallest absolute Gasteiger partial charge is 0.343 e. The third kappa shape index (κ3) is 2.76. The van der Waals surface area contributed by atoms with Crippen molar-refractivity contribution < 1.29 is 9.53 Å². The van der Waals surface area contributed by atoms with Gasteiger partial charge >= 0.3 is 5.97 Å². The molecular weight excluding hydrogens is 266 g/mol. The third-order valence-electron chi connectivity index (χ3n) is 2.61. The van der Waals surface area contributed by atoms with Crippen molar-refractivity contribution in [2.24, 2.45) is 0 Å². The third-order valence-corrected chi connectivity index (χ3v) is 2.89. The lowest BCUT2D eigenvalue weighted by molar-refractivity contribution is 0.0527. The van der Waals surface area contributed by atoms with Crippen LogP contribution in [0.4, 0.5) is 0 Å². The van der Waals surface area contributed by atoms with Crippen LogP contribution >= 0.6 is 11.6 Å². The van der Waals surface area contributed by atoms with Crippen LogP contribution in [0.15, 0.2) is 18.2 Å². The minimum absolute atomic E-state index is 0.164. The Labute approximate surface area is 116 Å². The molecule has 0 amide bonds. The van der Waals surface area contributed by atoms with Crippen LogP contribution in [-0.4, -0.2) is 27.8 Å². The van der Waals surface area contributed by atoms with Crippen molar-refractivity contribution in [3.63, 3.8) is 0 Å². The number of hydrogen-bond acceptors (Lipinski definition) is 4. The van der Waals surface area contributed by atoms with Crippen molar-refractivity contribution >= 4 is 17.6 Å². The molecule has 0 aliphatic rings. The molecule has 1 N–H and O–H groups in total. The summed E-state index contributed by atoms with van der Waals surface area (Å²) in [7, 11) is 0. The van der Waals surface area contributed by atoms with Crippen LogP contribution in [0.2, 0.25) is 5.15 Å². The van der Waals surface area contributed by atoms with E-state index in [0.717, 1.165) is 12.1 Å². The Morgan fingerprint density at radius 3 is 2.89 bits per heavy atom. The summed E-state index contributed by atoms with van der Waals surface area (Å²) < 4.78 is 4.97. The number of carbonyl (C=O) groups excluding carboxylic acids is 1. The molecule has 0 fully saturated rings. The summed E-state index contributed by atoms with van der Waals surface area (Å²) in [5.74, 6) is -0.500. The molecule has 0 bridgehead atoms. The van der Waals surface area contributed by atoms with E-state index in [9.17, 15) is 4.79 Å². The highest BCUT2D eigenvalue weighted by atomic mass is 35.5. The molecule has 2 aromatic rings. The first kappa shape index (κ1) is 13.5. The molecule has 2 heterocycles. The number of hydrogen-bond donors (Lipinski definition) is 1. The standard InChI is InChI=1S/C13H14ClN3O2/c1-3-8-6-5-7-9(15-8)11-10(12(14)17-16-11)13(18)19-4-2/h5-7H,3-4H2,1-2H3,(H,16,17). The van der Waals surface area contributed by atoms with Crippen LogP contribution in [-0.2, 0) is 11.2 Å². The Hall–Kier alpha value is -1.88. The fraction of sp³-hybridized carbons (Fsp3) is 0.308. The number of nitrogens with one attached hydrogen (secondary N) is 1. The van der Waals surface area contributed by atoms with Crippen LogP contribution in [0.1, 0.15) is 29.9 Å². The number of nitrogens with zero attached hydrogens (tertiary/aromatic N) is 2. The summed E-state index contributed by atoms with van der Waals surface area (Å²) in [5.41, 5.74) is 2.17. The lowest BCUT2D eigenvalue weighted by atomic mass is 10.1. The first-order chi connectivity index (χ1) is 9.17. The Morgan fingerprint density at radius 2 is 2.21 bits per heavy atom. The second-order valence-electron chi connectivity index (χ2n) is 3.85. The molecule has 100 valence electrons. The van der Waals surface area contributed by atoms with E-state index in [4.69, 9.17) is 16.3 Å². The highest BCUT2D eigenvalue weighted by molar-refractivity contribution is 6.33. The van der Waals surface area contributed by atoms with E-state index in [1.54, 1.807) is 13.0 Å². The summed E-state index contributed by atoms with van der Waals surface area (Å²) >= 11 is 5.95. The van der Waals surface area contributed by atoms with Crippen LogP contribution in [0, 0.1) is 0 Å². The number of halogens is 1. The van der Waals surface area contributed by atoms with Gasteiger partial charge in [-0.1, -0.05) is 24.6 Å². The average Bonchev–Trinajstić information content (AvgIpc) is 2.81. The van der Waals surface area contributed by atoms with Gasteiger partial charge in [-0.15, -0.1) is 0 Å². The van der Waals surface area contributed by atoms with Gasteiger partial charge < -0.3 is 4.74 Å². The van der Waals surface area contributed by atoms with Gasteiger partial charge in [-0.25, -0.2) is 4.79 Å². The fourth-order valence-electron chi connectivity index (χ4n) is 1.70. The minimum atomic E-state index is -0.500. The predicted molar refractivity (Wildman–Crippen MR) is 72.2 cm³/mol. The molecule has 0 saturated heterocycles. The summed E-state index contributed by atoms with van der Waals surface area (Å²) in [6.45, 7) is 4.03. The summed E-state index contributed by atoms with van der Waals surface area (Å²) in [4.78, 5) is 16.3. The molecule has 0 atom stereocenters. The van der Waals surface area contributed by atoms with Crippen molar-refractivity contribution in [3.8, 4) is 11.4 Å². The lowest BCUT2D eigenvalue weighted by Gasteiger charge is -2.04. The van der Waals surface area contributed by atoms with E-state index < -0.39 is 5.97 Å². The van der Waals surface area contributed by atoms with E-state index in [-0.39, 0.29) is 17.3 Å². The van der Waals surface area contributed by atoms with Gasteiger partial charge in [0.2, 0.25) is 0 Å². The van der Waals surface area contributed by atoms with Gasteiger partial charge in [-0.3, -0.25) is 10.1 Å². The van der Waals surface area contributed by atoms with Crippen LogP contribution in [0.5, 0.6) is 0 Å². The molecule has 0 spiro atoms. The molecule has 0 aromatic carbocycles. The van der Waals surface area contributed by atoms with E-state index >= 15 is 0 Å². The molecule has 0 saturated carbocycles. The quantitative estimate of drug-likeness (QED) is 0.874. The van der Waals surface area contributed by atoms with Crippen molar-refractivity contribution in [3.05, 3.63) is 34.6 Å². The Balaban J connectivity index is 2.47. The van der Waals surface area contributed by atoms with Crippen molar-refractivity contribution in [2.75, 3.05) is 6.61 Å². The van der Waals surface area contributed by atoms with E-state index in [0.29, 0.717) is 11.4 Å². The maximum Gasteiger partial charge on any atom is 0.343 e. The van der Waals surface area contributed by atoms with Crippen molar-refractivity contribution in [1.82, 2.24) is 15.2 Å². The number of rotatable bonds is 4. The normalized spacial score (nSPS) is 10.5. The number of ether oxygens (including phenoxy) is 1. The maximum absolute atomic E-state index is 11.9. The van der Waals surface area contributed by atoms with Gasteiger partial charge in [-0.05, 0) is 25.5 Å². The molecule has 19 heavy (non-hydrogen) atoms. The first-order valence-electron chi connectivity index (χ1n) is 6.04. The Morgan fingerprint density at radius 1 is 1.42 bits per heavy atom.